The number of aryl methyl sites for hydroxylation is 1. The number of fused-ring (bicyclic) bond motifs is 1. The maximum Gasteiger partial charge on any atom is 0.262 e. The second-order valence-electron chi connectivity index (χ2n) is 8.96. The fourth-order valence-electron chi connectivity index (χ4n) is 4.27. The molecule has 0 bridgehead atoms. The number of carbonyl (C=O) groups excluding carboxylic acids is 2. The van der Waals surface area contributed by atoms with E-state index < -0.39 is 0 Å². The number of ether oxygens (including phenoxy) is 1. The summed E-state index contributed by atoms with van der Waals surface area (Å²) in [6.45, 7) is 6.46. The molecule has 0 aromatic heterocycles. The topological polar surface area (TPSA) is 58.6 Å². The maximum absolute atomic E-state index is 13.1. The minimum Gasteiger partial charge on any atom is -0.484 e. The number of anilines is 1. The van der Waals surface area contributed by atoms with Gasteiger partial charge in [-0.15, -0.1) is 0 Å². The Balaban J connectivity index is 1.57. The normalized spacial score (nSPS) is 15.1. The number of carbonyl (C=O) groups is 2. The van der Waals surface area contributed by atoms with Crippen LogP contribution in [-0.2, 0) is 16.0 Å². The molecule has 3 aromatic rings. The molecule has 0 fully saturated rings. The average Bonchev–Trinajstić information content (AvgIpc) is 2.82. The molecule has 1 atom stereocenters. The summed E-state index contributed by atoms with van der Waals surface area (Å²) < 4.78 is 5.83. The van der Waals surface area contributed by atoms with Crippen molar-refractivity contribution in [2.45, 2.75) is 33.2 Å². The zero-order valence-electron chi connectivity index (χ0n) is 19.7. The van der Waals surface area contributed by atoms with Crippen LogP contribution in [0.5, 0.6) is 5.75 Å². The van der Waals surface area contributed by atoms with Gasteiger partial charge >= 0.3 is 0 Å². The molecule has 0 saturated carbocycles. The lowest BCUT2D eigenvalue weighted by atomic mass is 9.87. The molecule has 1 aliphatic heterocycles. The molecule has 0 aliphatic carbocycles. The van der Waals surface area contributed by atoms with Crippen molar-refractivity contribution in [2.75, 3.05) is 18.5 Å². The summed E-state index contributed by atoms with van der Waals surface area (Å²) in [5.74, 6) is 0.357. The van der Waals surface area contributed by atoms with Gasteiger partial charge < -0.3 is 15.0 Å². The molecule has 0 saturated heterocycles. The lowest BCUT2D eigenvalue weighted by Gasteiger charge is -2.39. The van der Waals surface area contributed by atoms with Crippen molar-refractivity contribution >= 4 is 29.1 Å². The molecule has 0 spiro atoms. The summed E-state index contributed by atoms with van der Waals surface area (Å²) in [4.78, 5) is 27.4. The minimum atomic E-state index is -0.272. The predicted molar refractivity (Wildman–Crippen MR) is 135 cm³/mol. The van der Waals surface area contributed by atoms with E-state index in [1.165, 1.54) is 11.1 Å². The Morgan fingerprint density at radius 1 is 1.09 bits per heavy atom. The van der Waals surface area contributed by atoms with Crippen molar-refractivity contribution in [3.8, 4) is 5.75 Å². The Morgan fingerprint density at radius 3 is 2.56 bits per heavy atom. The van der Waals surface area contributed by atoms with E-state index in [2.05, 4.69) is 36.5 Å². The highest BCUT2D eigenvalue weighted by atomic mass is 35.5. The van der Waals surface area contributed by atoms with Crippen LogP contribution in [0.25, 0.3) is 0 Å². The number of nitrogens with zero attached hydrogens (tertiary/aromatic N) is 1. The van der Waals surface area contributed by atoms with Crippen molar-refractivity contribution in [1.29, 1.82) is 0 Å². The Labute approximate surface area is 205 Å². The Hall–Kier alpha value is -3.31. The largest absolute Gasteiger partial charge is 0.484 e. The van der Waals surface area contributed by atoms with Crippen LogP contribution in [0.2, 0.25) is 5.02 Å². The van der Waals surface area contributed by atoms with Crippen molar-refractivity contribution in [3.63, 3.8) is 0 Å². The van der Waals surface area contributed by atoms with E-state index in [9.17, 15) is 9.59 Å². The smallest absolute Gasteiger partial charge is 0.262 e. The molecule has 5 nitrogen and oxygen atoms in total. The zero-order chi connectivity index (χ0) is 24.2. The van der Waals surface area contributed by atoms with E-state index in [0.29, 0.717) is 23.0 Å². The van der Waals surface area contributed by atoms with E-state index in [1.54, 1.807) is 24.3 Å². The van der Waals surface area contributed by atoms with Gasteiger partial charge in [0.2, 0.25) is 5.91 Å². The molecule has 4 rings (SSSR count). The highest BCUT2D eigenvalue weighted by Crippen LogP contribution is 2.38. The van der Waals surface area contributed by atoms with E-state index in [4.69, 9.17) is 16.3 Å². The Morgan fingerprint density at radius 2 is 1.85 bits per heavy atom. The monoisotopic (exact) mass is 476 g/mol. The summed E-state index contributed by atoms with van der Waals surface area (Å²) >= 11 is 5.98. The highest BCUT2D eigenvalue weighted by Gasteiger charge is 2.33. The van der Waals surface area contributed by atoms with Crippen LogP contribution in [0.15, 0.2) is 66.7 Å². The number of halogens is 1. The number of benzene rings is 3. The van der Waals surface area contributed by atoms with Crippen LogP contribution in [0, 0.1) is 12.8 Å². The van der Waals surface area contributed by atoms with E-state index in [-0.39, 0.29) is 30.4 Å². The van der Waals surface area contributed by atoms with Gasteiger partial charge in [-0.05, 0) is 60.4 Å². The Bertz CT molecular complexity index is 1190. The number of hydrogen-bond acceptors (Lipinski definition) is 3. The van der Waals surface area contributed by atoms with Crippen molar-refractivity contribution in [2.24, 2.45) is 5.92 Å². The van der Waals surface area contributed by atoms with Crippen molar-refractivity contribution < 1.29 is 14.3 Å². The molecule has 1 N–H and O–H groups in total. The van der Waals surface area contributed by atoms with Gasteiger partial charge in [-0.2, -0.15) is 0 Å². The summed E-state index contributed by atoms with van der Waals surface area (Å²) in [5, 5.41) is 3.34. The molecule has 176 valence electrons. The maximum atomic E-state index is 13.1. The second-order valence-corrected chi connectivity index (χ2v) is 9.39. The van der Waals surface area contributed by atoms with Crippen molar-refractivity contribution in [3.05, 3.63) is 94.0 Å². The third kappa shape index (κ3) is 5.42. The van der Waals surface area contributed by atoms with E-state index in [0.717, 1.165) is 17.5 Å². The predicted octanol–water partition coefficient (Wildman–Crippen LogP) is 5.80. The SMILES string of the molecule is Cc1ccc(C2c3cc(OCC(=O)Nc4cccc(Cl)c4)ccc3CCN2C(=O)C(C)C)cc1. The van der Waals surface area contributed by atoms with E-state index >= 15 is 0 Å². The quantitative estimate of drug-likeness (QED) is 0.489. The minimum absolute atomic E-state index is 0.0934. The number of nitrogens with one attached hydrogen (secondary N) is 1. The first-order chi connectivity index (χ1) is 16.3. The van der Waals surface area contributed by atoms with E-state index in [1.807, 2.05) is 36.9 Å². The third-order valence-electron chi connectivity index (χ3n) is 5.99. The molecule has 2 amide bonds. The summed E-state index contributed by atoms with van der Waals surface area (Å²) in [6.07, 6.45) is 0.783. The lowest BCUT2D eigenvalue weighted by Crippen LogP contribution is -2.42. The molecular formula is C28H29ClN2O3. The van der Waals surface area contributed by atoms with Crippen LogP contribution in [0.4, 0.5) is 5.69 Å². The number of amides is 2. The molecule has 1 unspecified atom stereocenters. The second kappa shape index (κ2) is 10.3. The van der Waals surface area contributed by atoms with Crippen LogP contribution in [-0.4, -0.2) is 29.9 Å². The van der Waals surface area contributed by atoms with Crippen molar-refractivity contribution in [1.82, 2.24) is 4.90 Å². The molecule has 34 heavy (non-hydrogen) atoms. The summed E-state index contributed by atoms with van der Waals surface area (Å²) in [6, 6.07) is 21.0. The van der Waals surface area contributed by atoms with Gasteiger partial charge in [-0.25, -0.2) is 0 Å². The third-order valence-corrected chi connectivity index (χ3v) is 6.23. The first-order valence-corrected chi connectivity index (χ1v) is 11.9. The standard InChI is InChI=1S/C28H29ClN2O3/c1-18(2)28(33)31-14-13-20-11-12-24(16-25(20)27(31)21-9-7-19(3)8-10-21)34-17-26(32)30-23-6-4-5-22(29)15-23/h4-12,15-16,18,27H,13-14,17H2,1-3H3,(H,30,32). The van der Waals surface area contributed by atoms with Crippen LogP contribution >= 0.6 is 11.6 Å². The van der Waals surface area contributed by atoms with Gasteiger partial charge in [-0.3, -0.25) is 9.59 Å². The summed E-state index contributed by atoms with van der Waals surface area (Å²) in [7, 11) is 0. The van der Waals surface area contributed by atoms with Crippen LogP contribution in [0.3, 0.4) is 0 Å². The molecule has 3 aromatic carbocycles. The Kier molecular flexibility index (Phi) is 7.23. The first-order valence-electron chi connectivity index (χ1n) is 11.5. The van der Waals surface area contributed by atoms with Gasteiger partial charge in [0, 0.05) is 23.2 Å². The molecule has 1 heterocycles. The van der Waals surface area contributed by atoms with Gasteiger partial charge in [0.05, 0.1) is 6.04 Å². The molecule has 6 heteroatoms. The number of hydrogen-bond donors (Lipinski definition) is 1. The fraction of sp³-hybridized carbons (Fsp3) is 0.286. The average molecular weight is 477 g/mol. The van der Waals surface area contributed by atoms with Gasteiger partial charge in [0.25, 0.3) is 5.91 Å². The van der Waals surface area contributed by atoms with Gasteiger partial charge in [0.1, 0.15) is 5.75 Å². The molecular weight excluding hydrogens is 448 g/mol. The van der Waals surface area contributed by atoms with Crippen LogP contribution < -0.4 is 10.1 Å². The lowest BCUT2D eigenvalue weighted by molar-refractivity contribution is -0.136. The van der Waals surface area contributed by atoms with Crippen LogP contribution in [0.1, 0.15) is 42.1 Å². The molecule has 1 aliphatic rings. The highest BCUT2D eigenvalue weighted by molar-refractivity contribution is 6.30. The summed E-state index contributed by atoms with van der Waals surface area (Å²) in [5.41, 5.74) is 5.08. The van der Waals surface area contributed by atoms with Gasteiger partial charge in [0.15, 0.2) is 6.61 Å². The first kappa shape index (κ1) is 23.8. The van der Waals surface area contributed by atoms with Gasteiger partial charge in [-0.1, -0.05) is 67.4 Å². The molecule has 0 radical (unpaired) electrons. The number of rotatable bonds is 6. The fourth-order valence-corrected chi connectivity index (χ4v) is 4.46. The zero-order valence-corrected chi connectivity index (χ0v) is 20.4.